The Morgan fingerprint density at radius 3 is 2.77 bits per heavy atom. The van der Waals surface area contributed by atoms with Crippen LogP contribution in [0.15, 0.2) is 22.2 Å². The number of hydrogen-bond donors (Lipinski definition) is 1. The minimum Gasteiger partial charge on any atom is -0.419 e. The maximum absolute atomic E-state index is 12.7. The van der Waals surface area contributed by atoms with Crippen LogP contribution in [0.5, 0.6) is 0 Å². The Bertz CT molecular complexity index is 1050. The highest BCUT2D eigenvalue weighted by atomic mass is 32.1. The number of hydrogen-bond acceptors (Lipinski definition) is 7. The van der Waals surface area contributed by atoms with E-state index in [-0.39, 0.29) is 11.8 Å². The van der Waals surface area contributed by atoms with E-state index < -0.39 is 0 Å². The summed E-state index contributed by atoms with van der Waals surface area (Å²) in [5.41, 5.74) is 3.66. The molecular formula is C23H27N5O2S. The molecule has 0 aromatic carbocycles. The first-order valence-corrected chi connectivity index (χ1v) is 12.0. The van der Waals surface area contributed by atoms with Crippen molar-refractivity contribution in [2.75, 3.05) is 6.54 Å². The topological polar surface area (TPSA) is 93.8 Å². The van der Waals surface area contributed by atoms with E-state index in [0.29, 0.717) is 23.4 Å². The Morgan fingerprint density at radius 1 is 1.13 bits per heavy atom. The Labute approximate surface area is 185 Å². The minimum absolute atomic E-state index is 0.0993. The molecule has 0 aliphatic heterocycles. The summed E-state index contributed by atoms with van der Waals surface area (Å²) in [7, 11) is 0. The minimum atomic E-state index is 0.0993. The van der Waals surface area contributed by atoms with E-state index in [1.54, 1.807) is 23.7 Å². The first-order chi connectivity index (χ1) is 15.2. The summed E-state index contributed by atoms with van der Waals surface area (Å²) in [4.78, 5) is 22.7. The molecule has 2 aliphatic carbocycles. The van der Waals surface area contributed by atoms with Gasteiger partial charge in [-0.2, -0.15) is 0 Å². The predicted molar refractivity (Wildman–Crippen MR) is 118 cm³/mol. The third-order valence-electron chi connectivity index (χ3n) is 6.49. The van der Waals surface area contributed by atoms with Crippen LogP contribution in [0.4, 0.5) is 0 Å². The number of aryl methyl sites for hydroxylation is 2. The molecule has 3 aromatic rings. The van der Waals surface area contributed by atoms with E-state index in [9.17, 15) is 4.79 Å². The predicted octanol–water partition coefficient (Wildman–Crippen LogP) is 4.48. The molecule has 31 heavy (non-hydrogen) atoms. The van der Waals surface area contributed by atoms with Crippen molar-refractivity contribution in [1.29, 1.82) is 0 Å². The van der Waals surface area contributed by atoms with E-state index >= 15 is 0 Å². The van der Waals surface area contributed by atoms with Gasteiger partial charge in [-0.25, -0.2) is 4.98 Å². The Morgan fingerprint density at radius 2 is 1.97 bits per heavy atom. The van der Waals surface area contributed by atoms with Gasteiger partial charge in [0, 0.05) is 28.9 Å². The van der Waals surface area contributed by atoms with E-state index in [1.165, 1.54) is 23.3 Å². The number of rotatable bonds is 5. The molecule has 8 heteroatoms. The normalized spacial score (nSPS) is 20.9. The van der Waals surface area contributed by atoms with E-state index in [2.05, 4.69) is 25.5 Å². The molecule has 0 saturated heterocycles. The van der Waals surface area contributed by atoms with Gasteiger partial charge in [0.1, 0.15) is 5.69 Å². The molecule has 1 fully saturated rings. The van der Waals surface area contributed by atoms with E-state index in [1.807, 2.05) is 12.3 Å². The van der Waals surface area contributed by atoms with Crippen molar-refractivity contribution < 1.29 is 9.21 Å². The average molecular weight is 438 g/mol. The summed E-state index contributed by atoms with van der Waals surface area (Å²) >= 11 is 1.75. The number of nitrogens with zero attached hydrogens (tertiary/aromatic N) is 4. The van der Waals surface area contributed by atoms with Gasteiger partial charge in [0.2, 0.25) is 5.89 Å². The zero-order chi connectivity index (χ0) is 21.2. The van der Waals surface area contributed by atoms with Crippen LogP contribution >= 0.6 is 11.3 Å². The van der Waals surface area contributed by atoms with Gasteiger partial charge >= 0.3 is 0 Å². The average Bonchev–Trinajstić information content (AvgIpc) is 3.46. The summed E-state index contributed by atoms with van der Waals surface area (Å²) < 4.78 is 5.89. The Hall–Kier alpha value is -2.61. The van der Waals surface area contributed by atoms with Crippen LogP contribution in [-0.4, -0.2) is 32.6 Å². The first-order valence-electron chi connectivity index (χ1n) is 11.2. The lowest BCUT2D eigenvalue weighted by Gasteiger charge is -2.26. The zero-order valence-corrected chi connectivity index (χ0v) is 18.6. The first kappa shape index (κ1) is 20.3. The number of carbonyl (C=O) groups is 1. The number of carbonyl (C=O) groups excluding carboxylic acids is 1. The number of nitrogens with one attached hydrogen (secondary N) is 1. The summed E-state index contributed by atoms with van der Waals surface area (Å²) in [5.74, 6) is 1.98. The standard InChI is InChI=1S/C23H27N5O2S/c1-14-10-25-19(12-24-14)23-28-27-22(30-23)16-8-6-15(7-9-16)11-26-21(29)18-13-31-20-5-3-2-4-17(18)20/h10,12-13,15-16H,2-9,11H2,1H3,(H,26,29). The van der Waals surface area contributed by atoms with Crippen molar-refractivity contribution in [2.24, 2.45) is 5.92 Å². The maximum atomic E-state index is 12.7. The molecule has 7 nitrogen and oxygen atoms in total. The van der Waals surface area contributed by atoms with Crippen molar-refractivity contribution in [3.05, 3.63) is 45.4 Å². The fraction of sp³-hybridized carbons (Fsp3) is 0.522. The van der Waals surface area contributed by atoms with Gasteiger partial charge in [-0.05, 0) is 69.8 Å². The van der Waals surface area contributed by atoms with Crippen LogP contribution in [0.2, 0.25) is 0 Å². The second-order valence-corrected chi connectivity index (χ2v) is 9.64. The monoisotopic (exact) mass is 437 g/mol. The molecule has 3 aromatic heterocycles. The lowest BCUT2D eigenvalue weighted by Crippen LogP contribution is -2.31. The molecule has 0 unspecified atom stereocenters. The third kappa shape index (κ3) is 4.39. The van der Waals surface area contributed by atoms with E-state index in [0.717, 1.165) is 56.3 Å². The molecule has 162 valence electrons. The SMILES string of the molecule is Cc1cnc(-c2nnc(C3CCC(CNC(=O)c4csc5c4CCCC5)CC3)o2)cn1. The van der Waals surface area contributed by atoms with Gasteiger partial charge in [0.25, 0.3) is 11.8 Å². The molecule has 0 atom stereocenters. The number of aromatic nitrogens is 4. The highest BCUT2D eigenvalue weighted by Gasteiger charge is 2.27. The van der Waals surface area contributed by atoms with Crippen LogP contribution < -0.4 is 5.32 Å². The van der Waals surface area contributed by atoms with Crippen LogP contribution in [0.25, 0.3) is 11.6 Å². The van der Waals surface area contributed by atoms with Gasteiger partial charge in [0.15, 0.2) is 0 Å². The molecular weight excluding hydrogens is 410 g/mol. The Kier molecular flexibility index (Phi) is 5.80. The fourth-order valence-electron chi connectivity index (χ4n) is 4.64. The van der Waals surface area contributed by atoms with Gasteiger partial charge in [-0.3, -0.25) is 9.78 Å². The fourth-order valence-corrected chi connectivity index (χ4v) is 5.76. The van der Waals surface area contributed by atoms with Crippen LogP contribution in [0.1, 0.15) is 76.8 Å². The van der Waals surface area contributed by atoms with Gasteiger partial charge in [0.05, 0.1) is 17.5 Å². The summed E-state index contributed by atoms with van der Waals surface area (Å²) in [6.07, 6.45) is 12.1. The molecule has 1 N–H and O–H groups in total. The van der Waals surface area contributed by atoms with Crippen molar-refractivity contribution in [2.45, 2.75) is 64.2 Å². The molecule has 1 saturated carbocycles. The summed E-state index contributed by atoms with van der Waals surface area (Å²) in [5, 5.41) is 13.7. The van der Waals surface area contributed by atoms with Crippen molar-refractivity contribution in [1.82, 2.24) is 25.5 Å². The van der Waals surface area contributed by atoms with Crippen molar-refractivity contribution in [3.63, 3.8) is 0 Å². The van der Waals surface area contributed by atoms with Crippen LogP contribution in [0.3, 0.4) is 0 Å². The quantitative estimate of drug-likeness (QED) is 0.632. The number of fused-ring (bicyclic) bond motifs is 1. The molecule has 0 spiro atoms. The second kappa shape index (κ2) is 8.86. The highest BCUT2D eigenvalue weighted by Crippen LogP contribution is 2.36. The molecule has 1 amide bonds. The summed E-state index contributed by atoms with van der Waals surface area (Å²) in [6, 6.07) is 0. The Balaban J connectivity index is 1.13. The number of thiophene rings is 1. The van der Waals surface area contributed by atoms with Gasteiger partial charge in [-0.15, -0.1) is 21.5 Å². The second-order valence-electron chi connectivity index (χ2n) is 8.67. The molecule has 0 radical (unpaired) electrons. The molecule has 3 heterocycles. The highest BCUT2D eigenvalue weighted by molar-refractivity contribution is 7.10. The molecule has 0 bridgehead atoms. The maximum Gasteiger partial charge on any atom is 0.267 e. The van der Waals surface area contributed by atoms with E-state index in [4.69, 9.17) is 4.42 Å². The van der Waals surface area contributed by atoms with Gasteiger partial charge in [-0.1, -0.05) is 0 Å². The van der Waals surface area contributed by atoms with Crippen LogP contribution in [0, 0.1) is 12.8 Å². The van der Waals surface area contributed by atoms with Gasteiger partial charge < -0.3 is 9.73 Å². The summed E-state index contributed by atoms with van der Waals surface area (Å²) in [6.45, 7) is 2.63. The smallest absolute Gasteiger partial charge is 0.267 e. The van der Waals surface area contributed by atoms with Crippen molar-refractivity contribution in [3.8, 4) is 11.6 Å². The largest absolute Gasteiger partial charge is 0.419 e. The lowest BCUT2D eigenvalue weighted by molar-refractivity contribution is 0.0941. The van der Waals surface area contributed by atoms with Crippen LogP contribution in [-0.2, 0) is 12.8 Å². The lowest BCUT2D eigenvalue weighted by atomic mass is 9.82. The number of amides is 1. The molecule has 2 aliphatic rings. The molecule has 5 rings (SSSR count). The zero-order valence-electron chi connectivity index (χ0n) is 17.8. The van der Waals surface area contributed by atoms with Crippen molar-refractivity contribution >= 4 is 17.2 Å². The third-order valence-corrected chi connectivity index (χ3v) is 7.58.